The molecule has 8 heteroatoms. The molecule has 1 N–H and O–H groups in total. The lowest BCUT2D eigenvalue weighted by Gasteiger charge is -2.16. The van der Waals surface area contributed by atoms with Gasteiger partial charge in [0.05, 0.1) is 12.0 Å². The number of hydrogen-bond donors (Lipinski definition) is 1. The van der Waals surface area contributed by atoms with Gasteiger partial charge in [0.1, 0.15) is 5.69 Å². The molecule has 0 amide bonds. The van der Waals surface area contributed by atoms with Gasteiger partial charge >= 0.3 is 0 Å². The number of ether oxygens (including phenoxy) is 1. The quantitative estimate of drug-likeness (QED) is 0.550. The van der Waals surface area contributed by atoms with Crippen LogP contribution in [0.1, 0.15) is 26.2 Å². The molecule has 0 aliphatic carbocycles. The van der Waals surface area contributed by atoms with Gasteiger partial charge in [-0.1, -0.05) is 0 Å². The van der Waals surface area contributed by atoms with Crippen LogP contribution in [0.15, 0.2) is 41.3 Å². The minimum atomic E-state index is 0.561. The van der Waals surface area contributed by atoms with E-state index in [1.165, 1.54) is 12.8 Å². The van der Waals surface area contributed by atoms with Crippen LogP contribution in [-0.2, 0) is 4.74 Å². The number of nitrogens with one attached hydrogen (secondary N) is 1. The molecule has 0 saturated carbocycles. The molecule has 1 fully saturated rings. The van der Waals surface area contributed by atoms with Crippen LogP contribution in [0, 0.1) is 0 Å². The SMILES string of the molecule is CCOCCCNc1ncc(-c2ccnc(N3CCCC3)n2)c(-c2ccco2)n1. The molecule has 3 aromatic heterocycles. The Labute approximate surface area is 170 Å². The standard InChI is InChI=1S/C21H26N6O2/c1-2-28-13-6-9-22-20-24-15-16(19(26-20)18-7-5-14-29-18)17-8-10-23-21(25-17)27-11-3-4-12-27/h5,7-8,10,14-15H,2-4,6,9,11-13H2,1H3,(H,22,24,26). The second kappa shape index (κ2) is 9.47. The van der Waals surface area contributed by atoms with E-state index in [1.54, 1.807) is 18.7 Å². The molecule has 4 heterocycles. The summed E-state index contributed by atoms with van der Waals surface area (Å²) in [4.78, 5) is 20.6. The highest BCUT2D eigenvalue weighted by atomic mass is 16.5. The fraction of sp³-hybridized carbons (Fsp3) is 0.429. The first-order chi connectivity index (χ1) is 14.3. The first kappa shape index (κ1) is 19.3. The van der Waals surface area contributed by atoms with Crippen LogP contribution in [0.3, 0.4) is 0 Å². The van der Waals surface area contributed by atoms with E-state index in [1.807, 2.05) is 25.1 Å². The summed E-state index contributed by atoms with van der Waals surface area (Å²) in [6, 6.07) is 5.64. The zero-order valence-electron chi connectivity index (χ0n) is 16.7. The molecule has 4 rings (SSSR count). The fourth-order valence-electron chi connectivity index (χ4n) is 3.34. The van der Waals surface area contributed by atoms with Crippen molar-refractivity contribution in [1.29, 1.82) is 0 Å². The highest BCUT2D eigenvalue weighted by Crippen LogP contribution is 2.31. The topological polar surface area (TPSA) is 89.2 Å². The molecule has 0 radical (unpaired) electrons. The molecule has 8 nitrogen and oxygen atoms in total. The minimum Gasteiger partial charge on any atom is -0.463 e. The van der Waals surface area contributed by atoms with E-state index in [4.69, 9.17) is 19.1 Å². The van der Waals surface area contributed by atoms with Crippen LogP contribution in [-0.4, -0.2) is 52.8 Å². The summed E-state index contributed by atoms with van der Waals surface area (Å²) in [6.07, 6.45) is 8.48. The Kier molecular flexibility index (Phi) is 6.31. The molecule has 1 aliphatic rings. The van der Waals surface area contributed by atoms with Crippen molar-refractivity contribution in [2.75, 3.05) is 43.1 Å². The van der Waals surface area contributed by atoms with E-state index in [0.717, 1.165) is 49.9 Å². The van der Waals surface area contributed by atoms with E-state index >= 15 is 0 Å². The molecule has 1 aliphatic heterocycles. The highest BCUT2D eigenvalue weighted by Gasteiger charge is 2.18. The zero-order chi connectivity index (χ0) is 19.9. The molecule has 0 atom stereocenters. The second-order valence-corrected chi connectivity index (χ2v) is 6.85. The van der Waals surface area contributed by atoms with Gasteiger partial charge in [-0.2, -0.15) is 0 Å². The number of rotatable bonds is 9. The molecular weight excluding hydrogens is 368 g/mol. The summed E-state index contributed by atoms with van der Waals surface area (Å²) >= 11 is 0. The second-order valence-electron chi connectivity index (χ2n) is 6.85. The first-order valence-corrected chi connectivity index (χ1v) is 10.2. The zero-order valence-corrected chi connectivity index (χ0v) is 16.7. The smallest absolute Gasteiger partial charge is 0.225 e. The largest absolute Gasteiger partial charge is 0.463 e. The summed E-state index contributed by atoms with van der Waals surface area (Å²) in [6.45, 7) is 6.17. The molecule has 0 spiro atoms. The predicted molar refractivity (Wildman–Crippen MR) is 112 cm³/mol. The van der Waals surface area contributed by atoms with E-state index in [9.17, 15) is 0 Å². The third-order valence-electron chi connectivity index (χ3n) is 4.80. The molecule has 0 unspecified atom stereocenters. The lowest BCUT2D eigenvalue weighted by atomic mass is 10.1. The van der Waals surface area contributed by atoms with Gasteiger partial charge in [0, 0.05) is 50.8 Å². The van der Waals surface area contributed by atoms with Crippen molar-refractivity contribution in [3.63, 3.8) is 0 Å². The van der Waals surface area contributed by atoms with Crippen molar-refractivity contribution in [3.8, 4) is 22.7 Å². The normalized spacial score (nSPS) is 13.8. The van der Waals surface area contributed by atoms with E-state index in [-0.39, 0.29) is 0 Å². The number of nitrogens with zero attached hydrogens (tertiary/aromatic N) is 5. The summed E-state index contributed by atoms with van der Waals surface area (Å²) in [5.74, 6) is 2.00. The molecule has 1 saturated heterocycles. The van der Waals surface area contributed by atoms with Gasteiger partial charge in [0.25, 0.3) is 0 Å². The van der Waals surface area contributed by atoms with Gasteiger partial charge in [-0.15, -0.1) is 0 Å². The Hall–Kier alpha value is -3.00. The number of anilines is 2. The molecule has 3 aromatic rings. The van der Waals surface area contributed by atoms with Crippen molar-refractivity contribution in [2.24, 2.45) is 0 Å². The van der Waals surface area contributed by atoms with E-state index < -0.39 is 0 Å². The summed E-state index contributed by atoms with van der Waals surface area (Å²) in [7, 11) is 0. The van der Waals surface area contributed by atoms with Crippen molar-refractivity contribution in [1.82, 2.24) is 19.9 Å². The van der Waals surface area contributed by atoms with Gasteiger partial charge in [-0.05, 0) is 44.4 Å². The lowest BCUT2D eigenvalue weighted by molar-refractivity contribution is 0.147. The van der Waals surface area contributed by atoms with E-state index in [2.05, 4.69) is 20.2 Å². The van der Waals surface area contributed by atoms with Gasteiger partial charge in [0.2, 0.25) is 11.9 Å². The number of hydrogen-bond acceptors (Lipinski definition) is 8. The van der Waals surface area contributed by atoms with Crippen LogP contribution in [0.25, 0.3) is 22.7 Å². The maximum absolute atomic E-state index is 5.63. The third-order valence-corrected chi connectivity index (χ3v) is 4.80. The molecule has 0 bridgehead atoms. The molecular formula is C21H26N6O2. The minimum absolute atomic E-state index is 0.561. The average molecular weight is 394 g/mol. The molecule has 0 aromatic carbocycles. The molecule has 29 heavy (non-hydrogen) atoms. The highest BCUT2D eigenvalue weighted by molar-refractivity contribution is 5.77. The third kappa shape index (κ3) is 4.71. The first-order valence-electron chi connectivity index (χ1n) is 10.2. The van der Waals surface area contributed by atoms with E-state index in [0.29, 0.717) is 24.0 Å². The maximum atomic E-state index is 5.63. The van der Waals surface area contributed by atoms with Crippen molar-refractivity contribution in [3.05, 3.63) is 36.9 Å². The van der Waals surface area contributed by atoms with Gasteiger partial charge < -0.3 is 19.4 Å². The van der Waals surface area contributed by atoms with Crippen LogP contribution in [0.5, 0.6) is 0 Å². The van der Waals surface area contributed by atoms with Crippen molar-refractivity contribution < 1.29 is 9.15 Å². The van der Waals surface area contributed by atoms with Crippen LogP contribution >= 0.6 is 0 Å². The summed E-state index contributed by atoms with van der Waals surface area (Å²) in [5, 5.41) is 3.26. The van der Waals surface area contributed by atoms with Crippen molar-refractivity contribution in [2.45, 2.75) is 26.2 Å². The Morgan fingerprint density at radius 2 is 2.07 bits per heavy atom. The number of aromatic nitrogens is 4. The Bertz CT molecular complexity index is 909. The van der Waals surface area contributed by atoms with Gasteiger partial charge in [0.15, 0.2) is 5.76 Å². The predicted octanol–water partition coefficient (Wildman–Crippen LogP) is 3.63. The average Bonchev–Trinajstić information content (AvgIpc) is 3.48. The maximum Gasteiger partial charge on any atom is 0.225 e. The van der Waals surface area contributed by atoms with Crippen molar-refractivity contribution >= 4 is 11.9 Å². The van der Waals surface area contributed by atoms with Gasteiger partial charge in [-0.3, -0.25) is 0 Å². The fourth-order valence-corrected chi connectivity index (χ4v) is 3.34. The van der Waals surface area contributed by atoms with Crippen LogP contribution in [0.2, 0.25) is 0 Å². The number of furan rings is 1. The summed E-state index contributed by atoms with van der Waals surface area (Å²) in [5.41, 5.74) is 2.32. The Balaban J connectivity index is 1.60. The summed E-state index contributed by atoms with van der Waals surface area (Å²) < 4.78 is 11.0. The van der Waals surface area contributed by atoms with Crippen LogP contribution < -0.4 is 10.2 Å². The lowest BCUT2D eigenvalue weighted by Crippen LogP contribution is -2.20. The Morgan fingerprint density at radius 3 is 2.86 bits per heavy atom. The monoisotopic (exact) mass is 394 g/mol. The molecule has 152 valence electrons. The van der Waals surface area contributed by atoms with Crippen LogP contribution in [0.4, 0.5) is 11.9 Å². The van der Waals surface area contributed by atoms with Gasteiger partial charge in [-0.25, -0.2) is 19.9 Å². The Morgan fingerprint density at radius 1 is 1.17 bits per heavy atom.